The lowest BCUT2D eigenvalue weighted by atomic mass is 10.1. The number of aryl methyl sites for hydroxylation is 1. The molecular formula is C19H22N6O4. The van der Waals surface area contributed by atoms with Crippen molar-refractivity contribution < 1.29 is 9.59 Å². The van der Waals surface area contributed by atoms with Crippen LogP contribution in [0.4, 0.5) is 0 Å². The first-order chi connectivity index (χ1) is 13.8. The first-order valence-corrected chi connectivity index (χ1v) is 9.43. The van der Waals surface area contributed by atoms with Crippen LogP contribution in [0.25, 0.3) is 0 Å². The van der Waals surface area contributed by atoms with E-state index in [2.05, 4.69) is 9.97 Å². The van der Waals surface area contributed by atoms with Gasteiger partial charge in [0.25, 0.3) is 11.5 Å². The van der Waals surface area contributed by atoms with Gasteiger partial charge in [-0.1, -0.05) is 0 Å². The molecule has 4 rings (SSSR count). The fourth-order valence-electron chi connectivity index (χ4n) is 4.15. The van der Waals surface area contributed by atoms with Gasteiger partial charge in [-0.25, -0.2) is 4.79 Å². The SMILES string of the molecule is Cc1cnc(CN2C(=O)C[C@H]3[C@@H]2CCN3C(=O)c2cc(=O)n(C)c(=O)n2C)cn1. The van der Waals surface area contributed by atoms with Crippen molar-refractivity contribution in [1.29, 1.82) is 0 Å². The van der Waals surface area contributed by atoms with E-state index in [0.717, 1.165) is 10.3 Å². The molecule has 4 heterocycles. The molecule has 0 saturated carbocycles. The molecule has 0 bridgehead atoms. The molecule has 2 aliphatic heterocycles. The Balaban J connectivity index is 1.58. The second-order valence-corrected chi connectivity index (χ2v) is 7.57. The Morgan fingerprint density at radius 1 is 1.10 bits per heavy atom. The van der Waals surface area contributed by atoms with E-state index in [1.165, 1.54) is 24.7 Å². The van der Waals surface area contributed by atoms with Gasteiger partial charge in [0.1, 0.15) is 5.69 Å². The summed E-state index contributed by atoms with van der Waals surface area (Å²) in [5.41, 5.74) is 0.446. The van der Waals surface area contributed by atoms with Crippen molar-refractivity contribution in [2.75, 3.05) is 6.54 Å². The van der Waals surface area contributed by atoms with Crippen molar-refractivity contribution in [2.24, 2.45) is 14.1 Å². The van der Waals surface area contributed by atoms with Crippen LogP contribution in [0.3, 0.4) is 0 Å². The van der Waals surface area contributed by atoms with Crippen LogP contribution in [0.1, 0.15) is 34.7 Å². The molecule has 10 heteroatoms. The first kappa shape index (κ1) is 19.0. The van der Waals surface area contributed by atoms with Crippen LogP contribution in [0, 0.1) is 6.92 Å². The number of hydrogen-bond donors (Lipinski definition) is 0. The van der Waals surface area contributed by atoms with Crippen LogP contribution >= 0.6 is 0 Å². The molecule has 0 aliphatic carbocycles. The molecule has 0 unspecified atom stereocenters. The molecule has 0 spiro atoms. The lowest BCUT2D eigenvalue weighted by molar-refractivity contribution is -0.129. The number of amides is 2. The minimum atomic E-state index is -0.557. The normalized spacial score (nSPS) is 21.0. The molecule has 152 valence electrons. The summed E-state index contributed by atoms with van der Waals surface area (Å²) in [6.45, 7) is 2.65. The topological polar surface area (TPSA) is 110 Å². The predicted octanol–water partition coefficient (Wildman–Crippen LogP) is -0.802. The molecule has 0 N–H and O–H groups in total. The summed E-state index contributed by atoms with van der Waals surface area (Å²) in [5, 5.41) is 0. The van der Waals surface area contributed by atoms with Crippen LogP contribution in [-0.2, 0) is 25.4 Å². The van der Waals surface area contributed by atoms with Gasteiger partial charge in [-0.2, -0.15) is 0 Å². The van der Waals surface area contributed by atoms with Crippen molar-refractivity contribution >= 4 is 11.8 Å². The molecule has 29 heavy (non-hydrogen) atoms. The van der Waals surface area contributed by atoms with E-state index < -0.39 is 17.2 Å². The van der Waals surface area contributed by atoms with Gasteiger partial charge >= 0.3 is 5.69 Å². The summed E-state index contributed by atoms with van der Waals surface area (Å²) < 4.78 is 2.13. The highest BCUT2D eigenvalue weighted by molar-refractivity contribution is 5.94. The number of aromatic nitrogens is 4. The van der Waals surface area contributed by atoms with Crippen LogP contribution in [-0.4, -0.2) is 59.3 Å². The van der Waals surface area contributed by atoms with Crippen molar-refractivity contribution in [3.05, 3.63) is 56.4 Å². The van der Waals surface area contributed by atoms with Crippen molar-refractivity contribution in [2.45, 2.75) is 38.4 Å². The second-order valence-electron chi connectivity index (χ2n) is 7.57. The lowest BCUT2D eigenvalue weighted by Gasteiger charge is -2.25. The predicted molar refractivity (Wildman–Crippen MR) is 102 cm³/mol. The van der Waals surface area contributed by atoms with Gasteiger partial charge in [0.15, 0.2) is 0 Å². The zero-order valence-electron chi connectivity index (χ0n) is 16.5. The van der Waals surface area contributed by atoms with E-state index in [-0.39, 0.29) is 30.1 Å². The number of fused-ring (bicyclic) bond motifs is 1. The third kappa shape index (κ3) is 3.14. The summed E-state index contributed by atoms with van der Waals surface area (Å²) >= 11 is 0. The third-order valence-corrected chi connectivity index (χ3v) is 5.79. The van der Waals surface area contributed by atoms with Gasteiger partial charge in [0.2, 0.25) is 5.91 Å². The molecule has 2 atom stereocenters. The summed E-state index contributed by atoms with van der Waals surface area (Å²) in [6.07, 6.45) is 4.17. The summed E-state index contributed by atoms with van der Waals surface area (Å²) in [4.78, 5) is 61.8. The van der Waals surface area contributed by atoms with Gasteiger partial charge in [0.05, 0.1) is 36.2 Å². The van der Waals surface area contributed by atoms with Crippen LogP contribution < -0.4 is 11.2 Å². The van der Waals surface area contributed by atoms with Crippen molar-refractivity contribution in [1.82, 2.24) is 28.9 Å². The molecule has 0 aromatic carbocycles. The largest absolute Gasteiger partial charge is 0.332 e. The van der Waals surface area contributed by atoms with Gasteiger partial charge in [-0.3, -0.25) is 33.5 Å². The van der Waals surface area contributed by atoms with Crippen LogP contribution in [0.5, 0.6) is 0 Å². The maximum Gasteiger partial charge on any atom is 0.331 e. The average molecular weight is 398 g/mol. The zero-order valence-corrected chi connectivity index (χ0v) is 16.5. The highest BCUT2D eigenvalue weighted by Gasteiger charge is 2.48. The van der Waals surface area contributed by atoms with E-state index in [1.54, 1.807) is 22.2 Å². The maximum absolute atomic E-state index is 13.1. The van der Waals surface area contributed by atoms with Crippen LogP contribution in [0.2, 0.25) is 0 Å². The fraction of sp³-hybridized carbons (Fsp3) is 0.474. The Labute approximate surface area is 166 Å². The van der Waals surface area contributed by atoms with E-state index in [9.17, 15) is 19.2 Å². The molecule has 2 aromatic rings. The molecule has 10 nitrogen and oxygen atoms in total. The van der Waals surface area contributed by atoms with Crippen molar-refractivity contribution in [3.8, 4) is 0 Å². The zero-order chi connectivity index (χ0) is 20.9. The maximum atomic E-state index is 13.1. The number of hydrogen-bond acceptors (Lipinski definition) is 6. The number of carbonyl (C=O) groups is 2. The Bertz CT molecular complexity index is 1100. The summed E-state index contributed by atoms with van der Waals surface area (Å²) in [5.74, 6) is -0.447. The standard InChI is InChI=1S/C19H22N6O4/c1-11-8-21-12(9-20-11)10-25-13-4-5-24(14(13)6-17(25)27)18(28)15-7-16(26)23(3)19(29)22(15)2/h7-9,13-14H,4-6,10H2,1-3H3/t13-,14-/m0/s1. The highest BCUT2D eigenvalue weighted by atomic mass is 16.2. The molecule has 2 aromatic heterocycles. The number of nitrogens with zero attached hydrogens (tertiary/aromatic N) is 6. The van der Waals surface area contributed by atoms with E-state index in [0.29, 0.717) is 25.2 Å². The van der Waals surface area contributed by atoms with Gasteiger partial charge < -0.3 is 9.80 Å². The quantitative estimate of drug-likeness (QED) is 0.669. The molecule has 2 fully saturated rings. The third-order valence-electron chi connectivity index (χ3n) is 5.79. The van der Waals surface area contributed by atoms with Gasteiger partial charge in [0, 0.05) is 39.3 Å². The van der Waals surface area contributed by atoms with E-state index in [1.807, 2.05) is 6.92 Å². The second kappa shape index (κ2) is 6.94. The van der Waals surface area contributed by atoms with E-state index in [4.69, 9.17) is 0 Å². The molecule has 2 aliphatic rings. The Hall–Kier alpha value is -3.30. The number of carbonyl (C=O) groups excluding carboxylic acids is 2. The highest BCUT2D eigenvalue weighted by Crippen LogP contribution is 2.34. The van der Waals surface area contributed by atoms with Crippen LogP contribution in [0.15, 0.2) is 28.0 Å². The van der Waals surface area contributed by atoms with Gasteiger partial charge in [-0.05, 0) is 13.3 Å². The minimum Gasteiger partial charge on any atom is -0.332 e. The number of likely N-dealkylation sites (tertiary alicyclic amines) is 2. The summed E-state index contributed by atoms with van der Waals surface area (Å²) in [6, 6.07) is 0.777. The molecule has 2 amide bonds. The van der Waals surface area contributed by atoms with Gasteiger partial charge in [-0.15, -0.1) is 0 Å². The molecule has 0 radical (unpaired) electrons. The molecular weight excluding hydrogens is 376 g/mol. The smallest absolute Gasteiger partial charge is 0.331 e. The van der Waals surface area contributed by atoms with Crippen molar-refractivity contribution in [3.63, 3.8) is 0 Å². The first-order valence-electron chi connectivity index (χ1n) is 9.43. The Morgan fingerprint density at radius 2 is 1.86 bits per heavy atom. The fourth-order valence-corrected chi connectivity index (χ4v) is 4.15. The average Bonchev–Trinajstić information content (AvgIpc) is 3.23. The lowest BCUT2D eigenvalue weighted by Crippen LogP contribution is -2.44. The van der Waals surface area contributed by atoms with E-state index >= 15 is 0 Å². The monoisotopic (exact) mass is 398 g/mol. The molecule has 2 saturated heterocycles. The Kier molecular flexibility index (Phi) is 4.56. The number of rotatable bonds is 3. The minimum absolute atomic E-state index is 0.0362. The summed E-state index contributed by atoms with van der Waals surface area (Å²) in [7, 11) is 2.83. The Morgan fingerprint density at radius 3 is 2.55 bits per heavy atom.